The van der Waals surface area contributed by atoms with Gasteiger partial charge in [-0.15, -0.1) is 0 Å². The van der Waals surface area contributed by atoms with Crippen molar-refractivity contribution in [3.63, 3.8) is 0 Å². The molecule has 0 radical (unpaired) electrons. The van der Waals surface area contributed by atoms with E-state index in [-0.39, 0.29) is 0 Å². The number of hydrogen-bond acceptors (Lipinski definition) is 6. The van der Waals surface area contributed by atoms with Crippen LogP contribution in [0.1, 0.15) is 11.7 Å². The van der Waals surface area contributed by atoms with Crippen molar-refractivity contribution in [3.8, 4) is 0 Å². The van der Waals surface area contributed by atoms with Gasteiger partial charge in [-0.2, -0.15) is 10.1 Å². The van der Waals surface area contributed by atoms with E-state index in [0.29, 0.717) is 24.7 Å². The van der Waals surface area contributed by atoms with E-state index in [1.165, 1.54) is 0 Å². The van der Waals surface area contributed by atoms with Crippen molar-refractivity contribution in [2.24, 2.45) is 0 Å². The van der Waals surface area contributed by atoms with Gasteiger partial charge in [-0.1, -0.05) is 5.16 Å². The Morgan fingerprint density at radius 2 is 2.33 bits per heavy atom. The summed E-state index contributed by atoms with van der Waals surface area (Å²) in [6, 6.07) is 1.91. The maximum atomic E-state index is 5.04. The summed E-state index contributed by atoms with van der Waals surface area (Å²) in [5.41, 5.74) is 0.944. The molecule has 1 N–H and O–H groups in total. The molecule has 0 saturated carbocycles. The monoisotopic (exact) mass is 244 g/mol. The number of nitrogens with zero attached hydrogens (tertiary/aromatic N) is 5. The van der Waals surface area contributed by atoms with Crippen LogP contribution in [0.2, 0.25) is 0 Å². The number of aromatic nitrogens is 5. The maximum absolute atomic E-state index is 5.04. The topological polar surface area (TPSA) is 81.1 Å². The van der Waals surface area contributed by atoms with Crippen molar-refractivity contribution in [3.05, 3.63) is 36.4 Å². The molecule has 0 unspecified atom stereocenters. The molecule has 0 saturated heterocycles. The van der Waals surface area contributed by atoms with Crippen LogP contribution >= 0.6 is 0 Å². The van der Waals surface area contributed by atoms with Crippen LogP contribution in [0.5, 0.6) is 0 Å². The summed E-state index contributed by atoms with van der Waals surface area (Å²) in [6.07, 6.45) is 5.92. The Hall–Kier alpha value is -2.44. The zero-order chi connectivity index (χ0) is 12.4. The predicted octanol–water partition coefficient (Wildman–Crippen LogP) is 1.08. The van der Waals surface area contributed by atoms with Crippen LogP contribution in [-0.4, -0.2) is 31.3 Å². The summed E-state index contributed by atoms with van der Waals surface area (Å²) in [7, 11) is 0. The van der Waals surface area contributed by atoms with E-state index in [0.717, 1.165) is 11.3 Å². The SMILES string of the molecule is Cc1noc(CCNc2nccn3nccc23)n1. The lowest BCUT2D eigenvalue weighted by Gasteiger charge is -2.04. The average molecular weight is 244 g/mol. The standard InChI is InChI=1S/C11H12N6O/c1-8-15-10(18-16-8)3-4-12-11-9-2-5-14-17(9)7-6-13-11/h2,5-7H,3-4H2,1H3,(H,12,13). The molecule has 3 aromatic rings. The molecule has 0 amide bonds. The van der Waals surface area contributed by atoms with Crippen molar-refractivity contribution < 1.29 is 4.52 Å². The summed E-state index contributed by atoms with van der Waals surface area (Å²) >= 11 is 0. The van der Waals surface area contributed by atoms with E-state index < -0.39 is 0 Å². The van der Waals surface area contributed by atoms with Gasteiger partial charge in [0.25, 0.3) is 0 Å². The zero-order valence-electron chi connectivity index (χ0n) is 9.87. The van der Waals surface area contributed by atoms with Gasteiger partial charge in [-0.25, -0.2) is 9.50 Å². The molecule has 7 heteroatoms. The van der Waals surface area contributed by atoms with Crippen LogP contribution in [0.15, 0.2) is 29.2 Å². The molecule has 7 nitrogen and oxygen atoms in total. The van der Waals surface area contributed by atoms with Gasteiger partial charge in [0.1, 0.15) is 5.52 Å². The second-order valence-corrected chi connectivity index (χ2v) is 3.85. The van der Waals surface area contributed by atoms with Gasteiger partial charge in [-0.05, 0) is 13.0 Å². The van der Waals surface area contributed by atoms with Gasteiger partial charge in [0.15, 0.2) is 11.6 Å². The third kappa shape index (κ3) is 2.02. The molecular formula is C11H12N6O. The highest BCUT2D eigenvalue weighted by atomic mass is 16.5. The first-order valence-corrected chi connectivity index (χ1v) is 5.64. The number of anilines is 1. The van der Waals surface area contributed by atoms with E-state index >= 15 is 0 Å². The number of hydrogen-bond donors (Lipinski definition) is 1. The minimum Gasteiger partial charge on any atom is -0.368 e. The maximum Gasteiger partial charge on any atom is 0.228 e. The van der Waals surface area contributed by atoms with Crippen molar-refractivity contribution in [1.29, 1.82) is 0 Å². The van der Waals surface area contributed by atoms with Crippen molar-refractivity contribution in [2.75, 3.05) is 11.9 Å². The number of aryl methyl sites for hydroxylation is 1. The highest BCUT2D eigenvalue weighted by Crippen LogP contribution is 2.12. The molecule has 0 fully saturated rings. The fourth-order valence-electron chi connectivity index (χ4n) is 1.72. The highest BCUT2D eigenvalue weighted by molar-refractivity contribution is 5.66. The van der Waals surface area contributed by atoms with Crippen LogP contribution in [0.4, 0.5) is 5.82 Å². The summed E-state index contributed by atoms with van der Waals surface area (Å²) in [6.45, 7) is 2.48. The third-order valence-corrected chi connectivity index (χ3v) is 2.53. The second kappa shape index (κ2) is 4.44. The molecule has 3 heterocycles. The first kappa shape index (κ1) is 10.7. The molecule has 0 bridgehead atoms. The lowest BCUT2D eigenvalue weighted by Crippen LogP contribution is -2.07. The number of fused-ring (bicyclic) bond motifs is 1. The number of nitrogens with one attached hydrogen (secondary N) is 1. The zero-order valence-corrected chi connectivity index (χ0v) is 9.87. The number of rotatable bonds is 4. The van der Waals surface area contributed by atoms with Crippen molar-refractivity contribution in [1.82, 2.24) is 24.7 Å². The molecule has 0 aliphatic rings. The lowest BCUT2D eigenvalue weighted by molar-refractivity contribution is 0.377. The van der Waals surface area contributed by atoms with Gasteiger partial charge >= 0.3 is 0 Å². The van der Waals surface area contributed by atoms with Gasteiger partial charge in [0.05, 0.1) is 6.20 Å². The first-order valence-electron chi connectivity index (χ1n) is 5.64. The smallest absolute Gasteiger partial charge is 0.228 e. The van der Waals surface area contributed by atoms with E-state index in [9.17, 15) is 0 Å². The third-order valence-electron chi connectivity index (χ3n) is 2.53. The largest absolute Gasteiger partial charge is 0.368 e. The molecule has 3 rings (SSSR count). The van der Waals surface area contributed by atoms with Crippen LogP contribution in [0.25, 0.3) is 5.52 Å². The second-order valence-electron chi connectivity index (χ2n) is 3.85. The van der Waals surface area contributed by atoms with Gasteiger partial charge < -0.3 is 9.84 Å². The minimum atomic E-state index is 0.625. The Balaban J connectivity index is 1.68. The van der Waals surface area contributed by atoms with Gasteiger partial charge in [0.2, 0.25) is 5.89 Å². The summed E-state index contributed by atoms with van der Waals surface area (Å²) in [4.78, 5) is 8.42. The van der Waals surface area contributed by atoms with Crippen LogP contribution < -0.4 is 5.32 Å². The molecule has 0 aliphatic carbocycles. The molecule has 0 aromatic carbocycles. The highest BCUT2D eigenvalue weighted by Gasteiger charge is 2.05. The Morgan fingerprint density at radius 1 is 1.39 bits per heavy atom. The van der Waals surface area contributed by atoms with E-state index in [1.54, 1.807) is 23.8 Å². The van der Waals surface area contributed by atoms with Crippen molar-refractivity contribution in [2.45, 2.75) is 13.3 Å². The molecule has 0 spiro atoms. The molecular weight excluding hydrogens is 232 g/mol. The normalized spacial score (nSPS) is 10.9. The summed E-state index contributed by atoms with van der Waals surface area (Å²) in [5.74, 6) is 2.08. The van der Waals surface area contributed by atoms with E-state index in [2.05, 4.69) is 25.5 Å². The van der Waals surface area contributed by atoms with Crippen LogP contribution in [-0.2, 0) is 6.42 Å². The Morgan fingerprint density at radius 3 is 3.17 bits per heavy atom. The molecule has 92 valence electrons. The van der Waals surface area contributed by atoms with Crippen LogP contribution in [0, 0.1) is 6.92 Å². The van der Waals surface area contributed by atoms with Crippen LogP contribution in [0.3, 0.4) is 0 Å². The molecule has 18 heavy (non-hydrogen) atoms. The quantitative estimate of drug-likeness (QED) is 0.739. The van der Waals surface area contributed by atoms with E-state index in [4.69, 9.17) is 4.52 Å². The van der Waals surface area contributed by atoms with Gasteiger partial charge in [-0.3, -0.25) is 0 Å². The molecule has 3 aromatic heterocycles. The molecule has 0 aliphatic heterocycles. The predicted molar refractivity (Wildman–Crippen MR) is 64.2 cm³/mol. The summed E-state index contributed by atoms with van der Waals surface area (Å²) < 4.78 is 6.81. The van der Waals surface area contributed by atoms with Gasteiger partial charge in [0, 0.05) is 25.4 Å². The van der Waals surface area contributed by atoms with E-state index in [1.807, 2.05) is 12.3 Å². The first-order chi connectivity index (χ1) is 8.83. The average Bonchev–Trinajstić information content (AvgIpc) is 2.98. The van der Waals surface area contributed by atoms with Crippen molar-refractivity contribution >= 4 is 11.3 Å². The Kier molecular flexibility index (Phi) is 2.64. The summed E-state index contributed by atoms with van der Waals surface area (Å²) in [5, 5.41) is 11.1. The fraction of sp³-hybridized carbons (Fsp3) is 0.273. The minimum absolute atomic E-state index is 0.625. The molecule has 0 atom stereocenters. The Labute approximate surface area is 103 Å². The Bertz CT molecular complexity index is 658. The lowest BCUT2D eigenvalue weighted by atomic mass is 10.4. The fourth-order valence-corrected chi connectivity index (χ4v) is 1.72.